The van der Waals surface area contributed by atoms with E-state index in [9.17, 15) is 24.6 Å². The summed E-state index contributed by atoms with van der Waals surface area (Å²) in [5.41, 5.74) is 0.584. The minimum atomic E-state index is -1.09. The van der Waals surface area contributed by atoms with Crippen LogP contribution in [0.25, 0.3) is 22.4 Å². The Hall–Kier alpha value is -4.74. The normalized spacial score (nSPS) is 20.2. The fraction of sp³-hybridized carbons (Fsp3) is 0.447. The number of hydrogen-bond acceptors (Lipinski definition) is 8. The Balaban J connectivity index is 1.06. The Morgan fingerprint density at radius 1 is 1.02 bits per heavy atom. The van der Waals surface area contributed by atoms with Gasteiger partial charge < -0.3 is 39.1 Å². The summed E-state index contributed by atoms with van der Waals surface area (Å²) in [5.74, 6) is -3.18. The van der Waals surface area contributed by atoms with Crippen LogP contribution in [0.2, 0.25) is 5.02 Å². The molecule has 3 amide bonds. The van der Waals surface area contributed by atoms with Crippen molar-refractivity contribution < 1.29 is 42.6 Å². The molecule has 0 unspecified atom stereocenters. The van der Waals surface area contributed by atoms with E-state index in [1.807, 2.05) is 7.05 Å². The number of piperazine rings is 1. The number of piperidine rings is 1. The van der Waals surface area contributed by atoms with Crippen molar-refractivity contribution >= 4 is 35.0 Å². The number of nitrogens with one attached hydrogen (secondary N) is 1. The number of halogens is 3. The van der Waals surface area contributed by atoms with Crippen LogP contribution in [0, 0.1) is 18.6 Å². The predicted octanol–water partition coefficient (Wildman–Crippen LogP) is 3.34. The van der Waals surface area contributed by atoms with E-state index in [1.165, 1.54) is 48.1 Å². The number of likely N-dealkylation sites (tertiary alicyclic amines) is 1. The van der Waals surface area contributed by atoms with Gasteiger partial charge in [-0.2, -0.15) is 5.10 Å². The second-order valence-corrected chi connectivity index (χ2v) is 15.0. The zero-order valence-corrected chi connectivity index (χ0v) is 32.1. The van der Waals surface area contributed by atoms with Crippen molar-refractivity contribution in [2.75, 3.05) is 78.5 Å². The lowest BCUT2D eigenvalue weighted by atomic mass is 9.91. The standard InChI is InChI=1S/C38H45ClF2N8O6/c1-24-29(21-48(44-24)15-18-55-4)26-7-8-28(34(41)33(26)40)31-20-42-35(45(31)2)36(52)43-25-5-6-27(30(39)19-25)37(53)47-13-11-46(12-14-47)32(51)22-49(3)16-9-38(54,23-50)10-17-49/h5-8,19-21,50,54H,9-18,22-23H2,1-4H3/p+1. The van der Waals surface area contributed by atoms with E-state index in [-0.39, 0.29) is 58.2 Å². The molecular weight excluding hydrogens is 738 g/mol. The molecule has 0 bridgehead atoms. The summed E-state index contributed by atoms with van der Waals surface area (Å²) in [5, 5.41) is 27.0. The quantitative estimate of drug-likeness (QED) is 0.196. The number of rotatable bonds is 11. The van der Waals surface area contributed by atoms with Gasteiger partial charge in [0.05, 0.1) is 73.7 Å². The highest BCUT2D eigenvalue weighted by Crippen LogP contribution is 2.33. The van der Waals surface area contributed by atoms with Gasteiger partial charge in [-0.25, -0.2) is 13.8 Å². The number of ether oxygens (including phenoxy) is 1. The number of likely N-dealkylation sites (N-methyl/N-ethyl adjacent to an activating group) is 1. The third kappa shape index (κ3) is 8.43. The number of carbonyl (C=O) groups is 3. The van der Waals surface area contributed by atoms with Gasteiger partial charge in [0.2, 0.25) is 0 Å². The highest BCUT2D eigenvalue weighted by atomic mass is 35.5. The van der Waals surface area contributed by atoms with Crippen LogP contribution in [-0.2, 0) is 23.1 Å². The molecule has 55 heavy (non-hydrogen) atoms. The average Bonchev–Trinajstić information content (AvgIpc) is 3.74. The molecule has 2 fully saturated rings. The minimum absolute atomic E-state index is 0.0225. The van der Waals surface area contributed by atoms with E-state index < -0.39 is 23.1 Å². The Morgan fingerprint density at radius 3 is 2.33 bits per heavy atom. The number of aliphatic hydroxyl groups excluding tert-OH is 1. The number of aliphatic hydroxyl groups is 2. The van der Waals surface area contributed by atoms with Gasteiger partial charge in [0.25, 0.3) is 17.7 Å². The molecular formula is C38H46ClF2N8O6+. The third-order valence-electron chi connectivity index (χ3n) is 10.7. The largest absolute Gasteiger partial charge is 0.393 e. The van der Waals surface area contributed by atoms with Gasteiger partial charge in [-0.05, 0) is 31.2 Å². The van der Waals surface area contributed by atoms with Crippen LogP contribution in [0.15, 0.2) is 42.7 Å². The van der Waals surface area contributed by atoms with Crippen molar-refractivity contribution in [1.82, 2.24) is 29.1 Å². The number of quaternary nitrogens is 1. The number of imidazole rings is 1. The van der Waals surface area contributed by atoms with Gasteiger partial charge in [0.1, 0.15) is 0 Å². The molecule has 2 aromatic heterocycles. The molecule has 4 aromatic rings. The van der Waals surface area contributed by atoms with Gasteiger partial charge >= 0.3 is 0 Å². The van der Waals surface area contributed by atoms with Crippen molar-refractivity contribution in [2.45, 2.75) is 31.9 Å². The number of methoxy groups -OCH3 is 1. The molecule has 2 aromatic carbocycles. The molecule has 0 spiro atoms. The first kappa shape index (κ1) is 39.9. The molecule has 2 aliphatic heterocycles. The molecule has 294 valence electrons. The maximum atomic E-state index is 15.5. The topological polar surface area (TPSA) is 155 Å². The van der Waals surface area contributed by atoms with Crippen LogP contribution >= 0.6 is 11.6 Å². The lowest BCUT2D eigenvalue weighted by Gasteiger charge is -2.44. The molecule has 17 heteroatoms. The maximum Gasteiger partial charge on any atom is 0.291 e. The van der Waals surface area contributed by atoms with Crippen LogP contribution < -0.4 is 5.32 Å². The van der Waals surface area contributed by atoms with E-state index in [4.69, 9.17) is 16.3 Å². The second kappa shape index (κ2) is 16.2. The summed E-state index contributed by atoms with van der Waals surface area (Å²) in [4.78, 5) is 47.4. The zero-order valence-electron chi connectivity index (χ0n) is 31.3. The third-order valence-corrected chi connectivity index (χ3v) is 11.0. The molecule has 0 saturated carbocycles. The highest BCUT2D eigenvalue weighted by molar-refractivity contribution is 6.34. The number of aromatic nitrogens is 4. The smallest absolute Gasteiger partial charge is 0.291 e. The zero-order chi connectivity index (χ0) is 39.7. The van der Waals surface area contributed by atoms with Crippen LogP contribution in [0.1, 0.15) is 39.5 Å². The van der Waals surface area contributed by atoms with E-state index in [0.717, 1.165) is 0 Å². The summed E-state index contributed by atoms with van der Waals surface area (Å²) in [7, 11) is 5.06. The summed E-state index contributed by atoms with van der Waals surface area (Å²) < 4.78 is 39.5. The van der Waals surface area contributed by atoms with E-state index in [2.05, 4.69) is 15.4 Å². The van der Waals surface area contributed by atoms with Crippen LogP contribution in [0.5, 0.6) is 0 Å². The molecule has 2 aliphatic rings. The van der Waals surface area contributed by atoms with Gasteiger partial charge in [0.15, 0.2) is 24.0 Å². The van der Waals surface area contributed by atoms with Gasteiger partial charge in [-0.3, -0.25) is 19.1 Å². The highest BCUT2D eigenvalue weighted by Gasteiger charge is 2.41. The molecule has 14 nitrogen and oxygen atoms in total. The van der Waals surface area contributed by atoms with Gasteiger partial charge in [-0.15, -0.1) is 0 Å². The Labute approximate surface area is 322 Å². The number of nitrogens with zero attached hydrogens (tertiary/aromatic N) is 7. The molecule has 4 heterocycles. The first-order valence-electron chi connectivity index (χ1n) is 18.0. The summed E-state index contributed by atoms with van der Waals surface area (Å²) in [6.07, 6.45) is 3.77. The summed E-state index contributed by atoms with van der Waals surface area (Å²) >= 11 is 6.54. The van der Waals surface area contributed by atoms with Gasteiger partial charge in [0, 0.05) is 81.8 Å². The van der Waals surface area contributed by atoms with E-state index in [1.54, 1.807) is 34.7 Å². The second-order valence-electron chi connectivity index (χ2n) is 14.6. The molecule has 6 rings (SSSR count). The summed E-state index contributed by atoms with van der Waals surface area (Å²) in [6.45, 7) is 5.11. The molecule has 3 N–H and O–H groups in total. The first-order chi connectivity index (χ1) is 26.2. The number of benzene rings is 2. The SMILES string of the molecule is COCCn1cc(-c2ccc(-c3cnc(C(=O)Nc4ccc(C(=O)N5CCN(C(=O)C[N+]6(C)CCC(O)(CO)CC6)CC5)c(Cl)c4)n3C)c(F)c2F)c(C)n1. The van der Waals surface area contributed by atoms with Crippen LogP contribution in [0.3, 0.4) is 0 Å². The maximum absolute atomic E-state index is 15.5. The Bertz CT molecular complexity index is 2090. The average molecular weight is 784 g/mol. The summed E-state index contributed by atoms with van der Waals surface area (Å²) in [6, 6.07) is 7.40. The fourth-order valence-electron chi connectivity index (χ4n) is 7.13. The molecule has 0 radical (unpaired) electrons. The number of anilines is 1. The monoisotopic (exact) mass is 783 g/mol. The van der Waals surface area contributed by atoms with E-state index >= 15 is 8.78 Å². The molecule has 0 atom stereocenters. The lowest BCUT2D eigenvalue weighted by molar-refractivity contribution is -0.909. The van der Waals surface area contributed by atoms with Crippen molar-refractivity contribution in [1.29, 1.82) is 0 Å². The lowest BCUT2D eigenvalue weighted by Crippen LogP contribution is -2.60. The van der Waals surface area contributed by atoms with Crippen molar-refractivity contribution in [2.24, 2.45) is 7.05 Å². The Morgan fingerprint density at radius 2 is 1.67 bits per heavy atom. The Kier molecular flexibility index (Phi) is 11.7. The van der Waals surface area contributed by atoms with Gasteiger partial charge in [-0.1, -0.05) is 17.7 Å². The van der Waals surface area contributed by atoms with Crippen molar-refractivity contribution in [3.8, 4) is 22.4 Å². The number of amides is 3. The molecule has 2 saturated heterocycles. The van der Waals surface area contributed by atoms with Crippen LogP contribution in [-0.4, -0.2) is 140 Å². The minimum Gasteiger partial charge on any atom is -0.393 e. The molecule has 0 aliphatic carbocycles. The fourth-order valence-corrected chi connectivity index (χ4v) is 7.39. The number of aryl methyl sites for hydroxylation is 1. The first-order valence-corrected chi connectivity index (χ1v) is 18.4. The van der Waals surface area contributed by atoms with Crippen molar-refractivity contribution in [3.63, 3.8) is 0 Å². The predicted molar refractivity (Wildman–Crippen MR) is 200 cm³/mol. The van der Waals surface area contributed by atoms with Crippen LogP contribution in [0.4, 0.5) is 14.5 Å². The number of carbonyl (C=O) groups excluding carboxylic acids is 3. The van der Waals surface area contributed by atoms with E-state index in [0.29, 0.717) is 86.7 Å². The van der Waals surface area contributed by atoms with Crippen molar-refractivity contribution in [3.05, 3.63) is 76.5 Å². The number of hydrogen-bond donors (Lipinski definition) is 3.